The van der Waals surface area contributed by atoms with E-state index in [1.807, 2.05) is 0 Å². The molecule has 70 valence electrons. The number of nitrogens with one attached hydrogen (secondary N) is 1. The van der Waals surface area contributed by atoms with Crippen molar-refractivity contribution in [3.05, 3.63) is 0 Å². The van der Waals surface area contributed by atoms with Crippen LogP contribution in [0.1, 0.15) is 26.7 Å². The lowest BCUT2D eigenvalue weighted by Gasteiger charge is -2.50. The smallest absolute Gasteiger partial charge is 0.0468 e. The third-order valence-electron chi connectivity index (χ3n) is 3.54. The van der Waals surface area contributed by atoms with Gasteiger partial charge in [0.15, 0.2) is 0 Å². The standard InChI is InChI=1S/C10H19NO/c1-10(2)9(7-11-10)8-3-5-12-6-4-8/h8-9,11H,3-7H2,1-2H3. The van der Waals surface area contributed by atoms with Crippen molar-refractivity contribution >= 4 is 0 Å². The van der Waals surface area contributed by atoms with E-state index in [-0.39, 0.29) is 0 Å². The minimum Gasteiger partial charge on any atom is -0.381 e. The maximum Gasteiger partial charge on any atom is 0.0468 e. The van der Waals surface area contributed by atoms with E-state index in [0.717, 1.165) is 25.0 Å². The van der Waals surface area contributed by atoms with Crippen molar-refractivity contribution in [2.45, 2.75) is 32.2 Å². The van der Waals surface area contributed by atoms with Gasteiger partial charge < -0.3 is 10.1 Å². The quantitative estimate of drug-likeness (QED) is 0.641. The molecule has 2 aliphatic heterocycles. The van der Waals surface area contributed by atoms with Crippen molar-refractivity contribution in [2.75, 3.05) is 19.8 Å². The summed E-state index contributed by atoms with van der Waals surface area (Å²) in [5.41, 5.74) is 0.391. The first-order valence-electron chi connectivity index (χ1n) is 5.03. The topological polar surface area (TPSA) is 21.3 Å². The normalized spacial score (nSPS) is 36.0. The highest BCUT2D eigenvalue weighted by Crippen LogP contribution is 2.36. The van der Waals surface area contributed by atoms with E-state index in [4.69, 9.17) is 4.74 Å². The van der Waals surface area contributed by atoms with Crippen LogP contribution in [0.3, 0.4) is 0 Å². The Labute approximate surface area is 74.7 Å². The summed E-state index contributed by atoms with van der Waals surface area (Å²) in [7, 11) is 0. The van der Waals surface area contributed by atoms with E-state index in [9.17, 15) is 0 Å². The Morgan fingerprint density at radius 2 is 1.92 bits per heavy atom. The van der Waals surface area contributed by atoms with Gasteiger partial charge in [0.25, 0.3) is 0 Å². The van der Waals surface area contributed by atoms with E-state index in [2.05, 4.69) is 19.2 Å². The minimum absolute atomic E-state index is 0.391. The maximum atomic E-state index is 5.37. The molecule has 2 rings (SSSR count). The van der Waals surface area contributed by atoms with Crippen LogP contribution in [-0.4, -0.2) is 25.3 Å². The molecule has 1 atom stereocenters. The van der Waals surface area contributed by atoms with Gasteiger partial charge >= 0.3 is 0 Å². The summed E-state index contributed by atoms with van der Waals surface area (Å²) in [6.07, 6.45) is 2.55. The second-order valence-electron chi connectivity index (χ2n) is 4.66. The molecule has 0 saturated carbocycles. The van der Waals surface area contributed by atoms with Gasteiger partial charge in [0, 0.05) is 25.3 Å². The molecule has 2 heteroatoms. The highest BCUT2D eigenvalue weighted by molar-refractivity contribution is 5.00. The molecule has 0 aliphatic carbocycles. The monoisotopic (exact) mass is 169 g/mol. The molecule has 0 aromatic heterocycles. The number of ether oxygens (including phenoxy) is 1. The Hall–Kier alpha value is -0.0800. The molecule has 1 N–H and O–H groups in total. The Bertz CT molecular complexity index is 161. The van der Waals surface area contributed by atoms with Crippen LogP contribution >= 0.6 is 0 Å². The third-order valence-corrected chi connectivity index (χ3v) is 3.54. The van der Waals surface area contributed by atoms with Gasteiger partial charge in [0.2, 0.25) is 0 Å². The molecule has 2 fully saturated rings. The fraction of sp³-hybridized carbons (Fsp3) is 1.00. The van der Waals surface area contributed by atoms with Gasteiger partial charge in [-0.05, 0) is 38.5 Å². The average Bonchev–Trinajstić information content (AvgIpc) is 2.05. The lowest BCUT2D eigenvalue weighted by molar-refractivity contribution is -0.00377. The SMILES string of the molecule is CC1(C)NCC1C1CCOCC1. The molecule has 0 bridgehead atoms. The molecule has 12 heavy (non-hydrogen) atoms. The predicted molar refractivity (Wildman–Crippen MR) is 49.1 cm³/mol. The molecule has 2 heterocycles. The van der Waals surface area contributed by atoms with E-state index >= 15 is 0 Å². The first-order chi connectivity index (χ1) is 5.70. The molecule has 2 saturated heterocycles. The van der Waals surface area contributed by atoms with E-state index in [1.54, 1.807) is 0 Å². The molecule has 2 aliphatic rings. The van der Waals surface area contributed by atoms with Crippen LogP contribution in [-0.2, 0) is 4.74 Å². The van der Waals surface area contributed by atoms with Gasteiger partial charge in [0.05, 0.1) is 0 Å². The molecule has 0 aromatic carbocycles. The van der Waals surface area contributed by atoms with Crippen LogP contribution in [0.4, 0.5) is 0 Å². The second-order valence-corrected chi connectivity index (χ2v) is 4.66. The van der Waals surface area contributed by atoms with E-state index in [0.29, 0.717) is 5.54 Å². The van der Waals surface area contributed by atoms with Crippen LogP contribution in [0, 0.1) is 11.8 Å². The minimum atomic E-state index is 0.391. The number of hydrogen-bond acceptors (Lipinski definition) is 2. The van der Waals surface area contributed by atoms with Crippen LogP contribution in [0.25, 0.3) is 0 Å². The van der Waals surface area contributed by atoms with Gasteiger partial charge in [-0.2, -0.15) is 0 Å². The lowest BCUT2D eigenvalue weighted by atomic mass is 9.69. The third kappa shape index (κ3) is 1.38. The highest BCUT2D eigenvalue weighted by Gasteiger charge is 2.42. The molecule has 1 unspecified atom stereocenters. The van der Waals surface area contributed by atoms with Gasteiger partial charge in [-0.1, -0.05) is 0 Å². The first-order valence-corrected chi connectivity index (χ1v) is 5.03. The van der Waals surface area contributed by atoms with Gasteiger partial charge in [0.1, 0.15) is 0 Å². The fourth-order valence-corrected chi connectivity index (χ4v) is 2.50. The van der Waals surface area contributed by atoms with Gasteiger partial charge in [-0.25, -0.2) is 0 Å². The molecule has 0 spiro atoms. The van der Waals surface area contributed by atoms with Crippen molar-refractivity contribution in [2.24, 2.45) is 11.8 Å². The van der Waals surface area contributed by atoms with Crippen LogP contribution < -0.4 is 5.32 Å². The van der Waals surface area contributed by atoms with Crippen LogP contribution in [0.5, 0.6) is 0 Å². The summed E-state index contributed by atoms with van der Waals surface area (Å²) < 4.78 is 5.37. The second kappa shape index (κ2) is 3.00. The lowest BCUT2D eigenvalue weighted by Crippen LogP contribution is -2.64. The van der Waals surface area contributed by atoms with Gasteiger partial charge in [-0.3, -0.25) is 0 Å². The number of hydrogen-bond donors (Lipinski definition) is 1. The molecular formula is C10H19NO. The van der Waals surface area contributed by atoms with Crippen molar-refractivity contribution in [3.8, 4) is 0 Å². The van der Waals surface area contributed by atoms with Crippen molar-refractivity contribution < 1.29 is 4.74 Å². The first kappa shape index (κ1) is 8.52. The zero-order chi connectivity index (χ0) is 8.60. The molecule has 0 amide bonds. The molecule has 0 aromatic rings. The summed E-state index contributed by atoms with van der Waals surface area (Å²) in [4.78, 5) is 0. The average molecular weight is 169 g/mol. The Morgan fingerprint density at radius 3 is 2.33 bits per heavy atom. The van der Waals surface area contributed by atoms with Crippen molar-refractivity contribution in [1.82, 2.24) is 5.32 Å². The Balaban J connectivity index is 1.91. The summed E-state index contributed by atoms with van der Waals surface area (Å²) >= 11 is 0. The largest absolute Gasteiger partial charge is 0.381 e. The van der Waals surface area contributed by atoms with E-state index in [1.165, 1.54) is 19.4 Å². The molecule has 0 radical (unpaired) electrons. The van der Waals surface area contributed by atoms with Crippen molar-refractivity contribution in [3.63, 3.8) is 0 Å². The molecular weight excluding hydrogens is 150 g/mol. The molecule has 2 nitrogen and oxygen atoms in total. The summed E-state index contributed by atoms with van der Waals surface area (Å²) in [5, 5.41) is 3.49. The summed E-state index contributed by atoms with van der Waals surface area (Å²) in [5.74, 6) is 1.80. The van der Waals surface area contributed by atoms with Crippen LogP contribution in [0.2, 0.25) is 0 Å². The summed E-state index contributed by atoms with van der Waals surface area (Å²) in [6, 6.07) is 0. The predicted octanol–water partition coefficient (Wildman–Crippen LogP) is 1.41. The zero-order valence-corrected chi connectivity index (χ0v) is 8.10. The summed E-state index contributed by atoms with van der Waals surface area (Å²) in [6.45, 7) is 7.82. The fourth-order valence-electron chi connectivity index (χ4n) is 2.50. The van der Waals surface area contributed by atoms with Crippen molar-refractivity contribution in [1.29, 1.82) is 0 Å². The van der Waals surface area contributed by atoms with Crippen LogP contribution in [0.15, 0.2) is 0 Å². The van der Waals surface area contributed by atoms with E-state index < -0.39 is 0 Å². The highest BCUT2D eigenvalue weighted by atomic mass is 16.5. The van der Waals surface area contributed by atoms with Gasteiger partial charge in [-0.15, -0.1) is 0 Å². The Morgan fingerprint density at radius 1 is 1.25 bits per heavy atom. The maximum absolute atomic E-state index is 5.37. The Kier molecular flexibility index (Phi) is 2.13. The zero-order valence-electron chi connectivity index (χ0n) is 8.10. The number of rotatable bonds is 1.